The molecule has 3 rings (SSSR count). The molecule has 0 unspecified atom stereocenters. The highest BCUT2D eigenvalue weighted by Gasteiger charge is 2.25. The molecule has 1 fully saturated rings. The Morgan fingerprint density at radius 3 is 2.76 bits per heavy atom. The summed E-state index contributed by atoms with van der Waals surface area (Å²) >= 11 is 0. The zero-order valence-corrected chi connectivity index (χ0v) is 9.58. The Kier molecular flexibility index (Phi) is 2.74. The molecule has 0 saturated carbocycles. The van der Waals surface area contributed by atoms with Gasteiger partial charge in [-0.2, -0.15) is 0 Å². The van der Waals surface area contributed by atoms with E-state index in [0.29, 0.717) is 12.5 Å². The van der Waals surface area contributed by atoms with Gasteiger partial charge >= 0.3 is 0 Å². The normalized spacial score (nSPS) is 17.2. The van der Waals surface area contributed by atoms with Gasteiger partial charge in [-0.05, 0) is 12.1 Å². The molecule has 1 aliphatic rings. The molecule has 0 atom stereocenters. The summed E-state index contributed by atoms with van der Waals surface area (Å²) in [4.78, 5) is 11.3. The van der Waals surface area contributed by atoms with Crippen LogP contribution in [0.1, 0.15) is 5.69 Å². The molecule has 4 heteroatoms. The van der Waals surface area contributed by atoms with Gasteiger partial charge in [-0.1, -0.05) is 12.1 Å². The van der Waals surface area contributed by atoms with Crippen LogP contribution in [0, 0.1) is 5.92 Å². The van der Waals surface area contributed by atoms with Crippen LogP contribution >= 0.6 is 0 Å². The minimum Gasteiger partial charge on any atom is -0.396 e. The third-order valence-corrected chi connectivity index (χ3v) is 3.18. The smallest absolute Gasteiger partial charge is 0.0890 e. The Morgan fingerprint density at radius 2 is 2.00 bits per heavy atom. The standard InChI is InChI=1S/C13H15N3O/c17-9-10-6-16(7-10)8-11-5-14-12-3-1-2-4-13(12)15-11/h1-5,10,17H,6-9H2. The molecule has 2 heterocycles. The molecule has 0 bridgehead atoms. The predicted molar refractivity (Wildman–Crippen MR) is 65.4 cm³/mol. The van der Waals surface area contributed by atoms with E-state index in [1.54, 1.807) is 0 Å². The van der Waals surface area contributed by atoms with Crippen LogP contribution in [0.25, 0.3) is 11.0 Å². The summed E-state index contributed by atoms with van der Waals surface area (Å²) in [5.41, 5.74) is 2.89. The highest BCUT2D eigenvalue weighted by Crippen LogP contribution is 2.17. The maximum atomic E-state index is 8.96. The third kappa shape index (κ3) is 2.14. The summed E-state index contributed by atoms with van der Waals surface area (Å²) in [5.74, 6) is 0.448. The number of rotatable bonds is 3. The number of aliphatic hydroxyl groups excluding tert-OH is 1. The van der Waals surface area contributed by atoms with Crippen molar-refractivity contribution in [1.82, 2.24) is 14.9 Å². The Morgan fingerprint density at radius 1 is 1.24 bits per heavy atom. The second-order valence-corrected chi connectivity index (χ2v) is 4.59. The van der Waals surface area contributed by atoms with Gasteiger partial charge in [0.05, 0.1) is 22.9 Å². The zero-order chi connectivity index (χ0) is 11.7. The first-order valence-corrected chi connectivity index (χ1v) is 5.89. The number of benzene rings is 1. The Labute approximate surface area is 99.9 Å². The molecule has 1 N–H and O–H groups in total. The van der Waals surface area contributed by atoms with Crippen LogP contribution in [0.2, 0.25) is 0 Å². The van der Waals surface area contributed by atoms with E-state index in [4.69, 9.17) is 5.11 Å². The summed E-state index contributed by atoms with van der Waals surface area (Å²) in [7, 11) is 0. The molecule has 0 amide bonds. The highest BCUT2D eigenvalue weighted by molar-refractivity contribution is 5.73. The number of aliphatic hydroxyl groups is 1. The van der Waals surface area contributed by atoms with Gasteiger partial charge in [0.1, 0.15) is 0 Å². The minimum atomic E-state index is 0.292. The van der Waals surface area contributed by atoms with E-state index < -0.39 is 0 Å². The van der Waals surface area contributed by atoms with E-state index in [0.717, 1.165) is 36.4 Å². The van der Waals surface area contributed by atoms with Gasteiger partial charge in [-0.15, -0.1) is 0 Å². The molecule has 1 aromatic carbocycles. The van der Waals surface area contributed by atoms with Gasteiger partial charge in [0.25, 0.3) is 0 Å². The zero-order valence-electron chi connectivity index (χ0n) is 9.58. The van der Waals surface area contributed by atoms with Gasteiger partial charge in [-0.3, -0.25) is 9.88 Å². The molecule has 17 heavy (non-hydrogen) atoms. The first-order valence-electron chi connectivity index (χ1n) is 5.89. The van der Waals surface area contributed by atoms with Crippen LogP contribution in [0.5, 0.6) is 0 Å². The summed E-state index contributed by atoms with van der Waals surface area (Å²) < 4.78 is 0. The number of fused-ring (bicyclic) bond motifs is 1. The van der Waals surface area contributed by atoms with E-state index in [9.17, 15) is 0 Å². The van der Waals surface area contributed by atoms with Gasteiger partial charge in [-0.25, -0.2) is 4.98 Å². The maximum absolute atomic E-state index is 8.96. The molecular weight excluding hydrogens is 214 g/mol. The fourth-order valence-corrected chi connectivity index (χ4v) is 2.22. The fraction of sp³-hybridized carbons (Fsp3) is 0.385. The maximum Gasteiger partial charge on any atom is 0.0890 e. The minimum absolute atomic E-state index is 0.292. The molecule has 0 aliphatic carbocycles. The number of hydrogen-bond donors (Lipinski definition) is 1. The molecule has 2 aromatic rings. The molecule has 4 nitrogen and oxygen atoms in total. The fourth-order valence-electron chi connectivity index (χ4n) is 2.22. The van der Waals surface area contributed by atoms with Crippen molar-refractivity contribution >= 4 is 11.0 Å². The second kappa shape index (κ2) is 4.39. The quantitative estimate of drug-likeness (QED) is 0.854. The lowest BCUT2D eigenvalue weighted by Crippen LogP contribution is -2.47. The van der Waals surface area contributed by atoms with Crippen LogP contribution < -0.4 is 0 Å². The Balaban J connectivity index is 1.73. The first-order chi connectivity index (χ1) is 8.35. The van der Waals surface area contributed by atoms with E-state index in [-0.39, 0.29) is 0 Å². The lowest BCUT2D eigenvalue weighted by molar-refractivity contribution is 0.0470. The van der Waals surface area contributed by atoms with Gasteiger partial charge in [0.15, 0.2) is 0 Å². The molecule has 0 spiro atoms. The average Bonchev–Trinajstić information content (AvgIpc) is 2.33. The molecule has 1 aliphatic heterocycles. The van der Waals surface area contributed by atoms with Crippen molar-refractivity contribution in [3.63, 3.8) is 0 Å². The number of nitrogens with zero attached hydrogens (tertiary/aromatic N) is 3. The topological polar surface area (TPSA) is 49.2 Å². The summed E-state index contributed by atoms with van der Waals surface area (Å²) in [6.07, 6.45) is 1.84. The van der Waals surface area contributed by atoms with Crippen molar-refractivity contribution in [3.05, 3.63) is 36.2 Å². The van der Waals surface area contributed by atoms with Crippen LogP contribution in [-0.2, 0) is 6.54 Å². The molecule has 0 radical (unpaired) electrons. The van der Waals surface area contributed by atoms with Crippen molar-refractivity contribution in [3.8, 4) is 0 Å². The lowest BCUT2D eigenvalue weighted by Gasteiger charge is -2.37. The lowest BCUT2D eigenvalue weighted by atomic mass is 10.0. The summed E-state index contributed by atoms with van der Waals surface area (Å²) in [6.45, 7) is 3.05. The van der Waals surface area contributed by atoms with Gasteiger partial charge < -0.3 is 5.11 Å². The van der Waals surface area contributed by atoms with Crippen LogP contribution in [-0.4, -0.2) is 39.7 Å². The third-order valence-electron chi connectivity index (χ3n) is 3.18. The number of hydrogen-bond acceptors (Lipinski definition) is 4. The van der Waals surface area contributed by atoms with Gasteiger partial charge in [0, 0.05) is 32.2 Å². The van der Waals surface area contributed by atoms with E-state index in [1.807, 2.05) is 30.5 Å². The Bertz CT molecular complexity index is 523. The largest absolute Gasteiger partial charge is 0.396 e. The van der Waals surface area contributed by atoms with Crippen molar-refractivity contribution in [1.29, 1.82) is 0 Å². The van der Waals surface area contributed by atoms with Crippen molar-refractivity contribution in [2.24, 2.45) is 5.92 Å². The Hall–Kier alpha value is -1.52. The monoisotopic (exact) mass is 229 g/mol. The van der Waals surface area contributed by atoms with Crippen LogP contribution in [0.3, 0.4) is 0 Å². The summed E-state index contributed by atoms with van der Waals surface area (Å²) in [6, 6.07) is 7.90. The van der Waals surface area contributed by atoms with Crippen molar-refractivity contribution in [2.45, 2.75) is 6.54 Å². The molecule has 88 valence electrons. The van der Waals surface area contributed by atoms with Crippen LogP contribution in [0.4, 0.5) is 0 Å². The van der Waals surface area contributed by atoms with E-state index in [2.05, 4.69) is 14.9 Å². The van der Waals surface area contributed by atoms with E-state index in [1.165, 1.54) is 0 Å². The molecule has 1 saturated heterocycles. The van der Waals surface area contributed by atoms with E-state index >= 15 is 0 Å². The number of aromatic nitrogens is 2. The van der Waals surface area contributed by atoms with Crippen molar-refractivity contribution < 1.29 is 5.11 Å². The SMILES string of the molecule is OCC1CN(Cc2cnc3ccccc3n2)C1. The predicted octanol–water partition coefficient (Wildman–Crippen LogP) is 1.05. The summed E-state index contributed by atoms with van der Waals surface area (Å²) in [5, 5.41) is 8.96. The molecular formula is C13H15N3O. The molecule has 1 aromatic heterocycles. The number of likely N-dealkylation sites (tertiary alicyclic amines) is 1. The van der Waals surface area contributed by atoms with Gasteiger partial charge in [0.2, 0.25) is 0 Å². The first kappa shape index (κ1) is 10.6. The highest BCUT2D eigenvalue weighted by atomic mass is 16.3. The number of para-hydroxylation sites is 2. The second-order valence-electron chi connectivity index (χ2n) is 4.59. The average molecular weight is 229 g/mol. The van der Waals surface area contributed by atoms with Crippen LogP contribution in [0.15, 0.2) is 30.5 Å². The van der Waals surface area contributed by atoms with Crippen molar-refractivity contribution in [2.75, 3.05) is 19.7 Å².